The molecule has 0 spiro atoms. The highest BCUT2D eigenvalue weighted by molar-refractivity contribution is 6.30. The van der Waals surface area contributed by atoms with Crippen LogP contribution in [0.1, 0.15) is 24.0 Å². The van der Waals surface area contributed by atoms with Crippen molar-refractivity contribution >= 4 is 29.1 Å². The Bertz CT molecular complexity index is 973. The third kappa shape index (κ3) is 6.32. The minimum absolute atomic E-state index is 0.283. The van der Waals surface area contributed by atoms with Gasteiger partial charge in [0.15, 0.2) is 0 Å². The number of rotatable bonds is 10. The number of terminal acetylenes is 1. The average molecular weight is 457 g/mol. The second kappa shape index (κ2) is 11.7. The van der Waals surface area contributed by atoms with E-state index in [0.29, 0.717) is 24.8 Å². The molecule has 7 heteroatoms. The second-order valence-corrected chi connectivity index (χ2v) is 8.17. The standard InChI is InChI=1S/C25H29ClN2O4/c1-3-14-31-15-16-32-22-10-11-23-20(17-22)7-6-19-8-9-21(26)18-24(19)28(23)13-5-4-12-27(2)25(29)30/h1,8-11,17-18H,4-7,12-16H2,2H3,(H,29,30). The molecule has 0 atom stereocenters. The number of fused-ring (bicyclic) bond motifs is 2. The Balaban J connectivity index is 1.76. The summed E-state index contributed by atoms with van der Waals surface area (Å²) >= 11 is 6.34. The molecule has 3 rings (SSSR count). The van der Waals surface area contributed by atoms with E-state index in [9.17, 15) is 4.79 Å². The van der Waals surface area contributed by atoms with Crippen LogP contribution in [0.3, 0.4) is 0 Å². The van der Waals surface area contributed by atoms with E-state index in [-0.39, 0.29) is 6.61 Å². The number of nitrogens with zero attached hydrogens (tertiary/aromatic N) is 2. The first-order valence-corrected chi connectivity index (χ1v) is 11.1. The lowest BCUT2D eigenvalue weighted by molar-refractivity contribution is 0.124. The number of aryl methyl sites for hydroxylation is 2. The van der Waals surface area contributed by atoms with Gasteiger partial charge >= 0.3 is 6.09 Å². The van der Waals surface area contributed by atoms with Crippen molar-refractivity contribution in [3.05, 3.63) is 52.5 Å². The molecule has 0 bridgehead atoms. The fourth-order valence-electron chi connectivity index (χ4n) is 3.82. The Morgan fingerprint density at radius 1 is 1.16 bits per heavy atom. The number of unbranched alkanes of at least 4 members (excludes halogenated alkanes) is 1. The predicted octanol–water partition coefficient (Wildman–Crippen LogP) is 5.00. The number of hydrogen-bond acceptors (Lipinski definition) is 4. The van der Waals surface area contributed by atoms with Gasteiger partial charge in [-0.05, 0) is 67.1 Å². The van der Waals surface area contributed by atoms with E-state index in [2.05, 4.69) is 29.0 Å². The molecule has 0 fully saturated rings. The van der Waals surface area contributed by atoms with Crippen LogP contribution in [0.15, 0.2) is 36.4 Å². The summed E-state index contributed by atoms with van der Waals surface area (Å²) in [5, 5.41) is 9.76. The molecule has 6 nitrogen and oxygen atoms in total. The van der Waals surface area contributed by atoms with Crippen LogP contribution in [0.5, 0.6) is 5.75 Å². The van der Waals surface area contributed by atoms with Crippen molar-refractivity contribution in [1.29, 1.82) is 0 Å². The van der Waals surface area contributed by atoms with E-state index in [4.69, 9.17) is 32.6 Å². The van der Waals surface area contributed by atoms with Gasteiger partial charge in [-0.25, -0.2) is 4.79 Å². The number of carbonyl (C=O) groups is 1. The number of hydrogen-bond donors (Lipinski definition) is 1. The lowest BCUT2D eigenvalue weighted by Crippen LogP contribution is -2.27. The molecule has 170 valence electrons. The van der Waals surface area contributed by atoms with Gasteiger partial charge in [-0.1, -0.05) is 23.6 Å². The Kier molecular flexibility index (Phi) is 8.66. The molecule has 32 heavy (non-hydrogen) atoms. The highest BCUT2D eigenvalue weighted by Gasteiger charge is 2.21. The van der Waals surface area contributed by atoms with Gasteiger partial charge in [0, 0.05) is 36.5 Å². The van der Waals surface area contributed by atoms with Gasteiger partial charge in [-0.2, -0.15) is 0 Å². The molecule has 0 unspecified atom stereocenters. The maximum Gasteiger partial charge on any atom is 0.407 e. The Morgan fingerprint density at radius 3 is 2.75 bits per heavy atom. The number of halogens is 1. The van der Waals surface area contributed by atoms with Crippen LogP contribution in [-0.4, -0.2) is 56.1 Å². The first kappa shape index (κ1) is 23.8. The van der Waals surface area contributed by atoms with E-state index >= 15 is 0 Å². The Hall–Kier alpha value is -2.88. The first-order chi connectivity index (χ1) is 15.5. The van der Waals surface area contributed by atoms with Crippen molar-refractivity contribution in [3.63, 3.8) is 0 Å². The SMILES string of the molecule is C#CCOCCOc1ccc2c(c1)CCc1ccc(Cl)cc1N2CCCCN(C)C(=O)O. The minimum atomic E-state index is -0.903. The van der Waals surface area contributed by atoms with Crippen LogP contribution in [0.25, 0.3) is 0 Å². The van der Waals surface area contributed by atoms with Crippen molar-refractivity contribution in [3.8, 4) is 18.1 Å². The summed E-state index contributed by atoms with van der Waals surface area (Å²) in [7, 11) is 1.59. The van der Waals surface area contributed by atoms with Crippen LogP contribution in [0.2, 0.25) is 5.02 Å². The molecule has 1 aliphatic heterocycles. The van der Waals surface area contributed by atoms with Crippen molar-refractivity contribution in [2.24, 2.45) is 0 Å². The quantitative estimate of drug-likeness (QED) is 0.403. The molecule has 0 aliphatic carbocycles. The third-order valence-electron chi connectivity index (χ3n) is 5.48. The van der Waals surface area contributed by atoms with Crippen LogP contribution < -0.4 is 9.64 Å². The van der Waals surface area contributed by atoms with E-state index in [1.807, 2.05) is 18.2 Å². The van der Waals surface area contributed by atoms with Crippen LogP contribution in [0, 0.1) is 12.3 Å². The zero-order valence-corrected chi connectivity index (χ0v) is 19.1. The van der Waals surface area contributed by atoms with Crippen LogP contribution in [0.4, 0.5) is 16.2 Å². The van der Waals surface area contributed by atoms with Crippen molar-refractivity contribution < 1.29 is 19.4 Å². The van der Waals surface area contributed by atoms with E-state index < -0.39 is 6.09 Å². The fraction of sp³-hybridized carbons (Fsp3) is 0.400. The van der Waals surface area contributed by atoms with Gasteiger partial charge in [0.25, 0.3) is 0 Å². The maximum atomic E-state index is 11.0. The summed E-state index contributed by atoms with van der Waals surface area (Å²) in [5.74, 6) is 3.25. The highest BCUT2D eigenvalue weighted by atomic mass is 35.5. The second-order valence-electron chi connectivity index (χ2n) is 7.73. The molecule has 2 aromatic rings. The fourth-order valence-corrected chi connectivity index (χ4v) is 3.99. The zero-order chi connectivity index (χ0) is 22.9. The zero-order valence-electron chi connectivity index (χ0n) is 18.3. The summed E-state index contributed by atoms with van der Waals surface area (Å²) in [5.41, 5.74) is 4.70. The Morgan fingerprint density at radius 2 is 1.97 bits per heavy atom. The largest absolute Gasteiger partial charge is 0.491 e. The monoisotopic (exact) mass is 456 g/mol. The molecule has 1 heterocycles. The molecule has 1 aliphatic rings. The lowest BCUT2D eigenvalue weighted by Gasteiger charge is -2.28. The summed E-state index contributed by atoms with van der Waals surface area (Å²) in [6.45, 7) is 2.45. The number of anilines is 2. The summed E-state index contributed by atoms with van der Waals surface area (Å²) in [6, 6.07) is 12.2. The number of carboxylic acid groups (broad SMARTS) is 1. The predicted molar refractivity (Wildman–Crippen MR) is 127 cm³/mol. The van der Waals surface area contributed by atoms with Crippen molar-refractivity contribution in [2.45, 2.75) is 25.7 Å². The van der Waals surface area contributed by atoms with Gasteiger partial charge in [0.05, 0.1) is 6.61 Å². The first-order valence-electron chi connectivity index (χ1n) is 10.8. The average Bonchev–Trinajstić information content (AvgIpc) is 2.92. The van der Waals surface area contributed by atoms with Gasteiger partial charge in [0.2, 0.25) is 0 Å². The lowest BCUT2D eigenvalue weighted by atomic mass is 10.0. The molecule has 0 radical (unpaired) electrons. The van der Waals surface area contributed by atoms with Crippen molar-refractivity contribution in [1.82, 2.24) is 4.90 Å². The molecule has 2 aromatic carbocycles. The van der Waals surface area contributed by atoms with E-state index in [1.165, 1.54) is 16.0 Å². The van der Waals surface area contributed by atoms with Gasteiger partial charge in [0.1, 0.15) is 19.0 Å². The smallest absolute Gasteiger partial charge is 0.407 e. The maximum absolute atomic E-state index is 11.0. The summed E-state index contributed by atoms with van der Waals surface area (Å²) < 4.78 is 11.1. The van der Waals surface area contributed by atoms with Gasteiger partial charge < -0.3 is 24.4 Å². The molecular weight excluding hydrogens is 428 g/mol. The summed E-state index contributed by atoms with van der Waals surface area (Å²) in [4.78, 5) is 14.6. The van der Waals surface area contributed by atoms with Crippen LogP contribution >= 0.6 is 11.6 Å². The molecule has 1 N–H and O–H groups in total. The highest BCUT2D eigenvalue weighted by Crippen LogP contribution is 2.39. The van der Waals surface area contributed by atoms with E-state index in [1.54, 1.807) is 7.05 Å². The number of ether oxygens (including phenoxy) is 2. The third-order valence-corrected chi connectivity index (χ3v) is 5.71. The van der Waals surface area contributed by atoms with Crippen molar-refractivity contribution in [2.75, 3.05) is 44.9 Å². The topological polar surface area (TPSA) is 62.2 Å². The Labute approximate surface area is 194 Å². The molecule has 0 saturated heterocycles. The molecular formula is C25H29ClN2O4. The molecule has 0 saturated carbocycles. The van der Waals surface area contributed by atoms with Gasteiger partial charge in [-0.3, -0.25) is 0 Å². The number of benzene rings is 2. The number of amides is 1. The molecule has 0 aromatic heterocycles. The molecule has 1 amide bonds. The summed E-state index contributed by atoms with van der Waals surface area (Å²) in [6.07, 6.45) is 7.72. The normalized spacial score (nSPS) is 12.3. The van der Waals surface area contributed by atoms with E-state index in [0.717, 1.165) is 49.4 Å². The van der Waals surface area contributed by atoms with Gasteiger partial charge in [-0.15, -0.1) is 6.42 Å². The van der Waals surface area contributed by atoms with Crippen LogP contribution in [-0.2, 0) is 17.6 Å². The minimum Gasteiger partial charge on any atom is -0.491 e.